The van der Waals surface area contributed by atoms with Gasteiger partial charge in [-0.15, -0.1) is 11.3 Å². The van der Waals surface area contributed by atoms with E-state index in [0.29, 0.717) is 13.1 Å². The Kier molecular flexibility index (Phi) is 4.90. The Morgan fingerprint density at radius 1 is 1.04 bits per heavy atom. The molecule has 2 aromatic rings. The van der Waals surface area contributed by atoms with Crippen molar-refractivity contribution < 1.29 is 9.53 Å². The van der Waals surface area contributed by atoms with Crippen molar-refractivity contribution in [3.63, 3.8) is 0 Å². The van der Waals surface area contributed by atoms with E-state index in [-0.39, 0.29) is 6.09 Å². The zero-order chi connectivity index (χ0) is 18.0. The smallest absolute Gasteiger partial charge is 0.410 e. The summed E-state index contributed by atoms with van der Waals surface area (Å²) in [6, 6.07) is 12.5. The van der Waals surface area contributed by atoms with E-state index in [4.69, 9.17) is 10.5 Å². The lowest BCUT2D eigenvalue weighted by molar-refractivity contribution is 0.0240. The quantitative estimate of drug-likeness (QED) is 0.879. The zero-order valence-corrected chi connectivity index (χ0v) is 15.8. The molecule has 0 saturated carbocycles. The number of carbonyl (C=O) groups excluding carboxylic acids is 1. The predicted octanol–water partition coefficient (Wildman–Crippen LogP) is 4.05. The predicted molar refractivity (Wildman–Crippen MR) is 104 cm³/mol. The molecule has 2 N–H and O–H groups in total. The summed E-state index contributed by atoms with van der Waals surface area (Å²) in [5.41, 5.74) is 7.71. The van der Waals surface area contributed by atoms with Crippen LogP contribution in [0.15, 0.2) is 36.4 Å². The Morgan fingerprint density at radius 3 is 2.20 bits per heavy atom. The van der Waals surface area contributed by atoms with Gasteiger partial charge in [0.05, 0.1) is 5.00 Å². The maximum Gasteiger partial charge on any atom is 0.410 e. The van der Waals surface area contributed by atoms with Crippen molar-refractivity contribution in [1.82, 2.24) is 4.90 Å². The summed E-state index contributed by atoms with van der Waals surface area (Å²) < 4.78 is 5.44. The van der Waals surface area contributed by atoms with E-state index >= 15 is 0 Å². The van der Waals surface area contributed by atoms with Crippen LogP contribution in [0.25, 0.3) is 10.4 Å². The van der Waals surface area contributed by atoms with Gasteiger partial charge in [-0.1, -0.05) is 12.1 Å². The van der Waals surface area contributed by atoms with Gasteiger partial charge in [0.2, 0.25) is 0 Å². The Bertz CT molecular complexity index is 726. The SMILES string of the molecule is CC(C)(C)OC(=O)N1CCN(c2ccc(-c3ccc(N)s3)cc2)CC1. The van der Waals surface area contributed by atoms with E-state index in [2.05, 4.69) is 35.2 Å². The molecule has 0 aliphatic carbocycles. The molecule has 0 bridgehead atoms. The maximum absolute atomic E-state index is 12.1. The van der Waals surface area contributed by atoms with Crippen molar-refractivity contribution in [2.45, 2.75) is 26.4 Å². The summed E-state index contributed by atoms with van der Waals surface area (Å²) in [6.45, 7) is 8.66. The number of benzene rings is 1. The molecule has 1 fully saturated rings. The summed E-state index contributed by atoms with van der Waals surface area (Å²) >= 11 is 1.60. The van der Waals surface area contributed by atoms with Crippen molar-refractivity contribution in [3.05, 3.63) is 36.4 Å². The monoisotopic (exact) mass is 359 g/mol. The minimum absolute atomic E-state index is 0.224. The molecule has 0 unspecified atom stereocenters. The molecule has 134 valence electrons. The topological polar surface area (TPSA) is 58.8 Å². The van der Waals surface area contributed by atoms with Crippen LogP contribution in [0.4, 0.5) is 15.5 Å². The van der Waals surface area contributed by atoms with Crippen molar-refractivity contribution in [3.8, 4) is 10.4 Å². The van der Waals surface area contributed by atoms with Crippen LogP contribution in [0.1, 0.15) is 20.8 Å². The van der Waals surface area contributed by atoms with Crippen LogP contribution in [0, 0.1) is 0 Å². The van der Waals surface area contributed by atoms with Crippen LogP contribution in [-0.2, 0) is 4.74 Å². The van der Waals surface area contributed by atoms with Gasteiger partial charge in [0.1, 0.15) is 5.60 Å². The van der Waals surface area contributed by atoms with E-state index in [9.17, 15) is 4.79 Å². The lowest BCUT2D eigenvalue weighted by Crippen LogP contribution is -2.50. The van der Waals surface area contributed by atoms with Crippen LogP contribution < -0.4 is 10.6 Å². The van der Waals surface area contributed by atoms with E-state index in [1.807, 2.05) is 26.8 Å². The third-order valence-electron chi connectivity index (χ3n) is 4.08. The van der Waals surface area contributed by atoms with Crippen molar-refractivity contribution in [2.24, 2.45) is 0 Å². The van der Waals surface area contributed by atoms with Crippen LogP contribution in [0.5, 0.6) is 0 Å². The van der Waals surface area contributed by atoms with Gasteiger partial charge in [0.25, 0.3) is 0 Å². The Balaban J connectivity index is 1.59. The molecule has 1 aliphatic heterocycles. The number of hydrogen-bond acceptors (Lipinski definition) is 5. The molecule has 1 amide bonds. The van der Waals surface area contributed by atoms with Gasteiger partial charge >= 0.3 is 6.09 Å². The van der Waals surface area contributed by atoms with Gasteiger partial charge in [-0.3, -0.25) is 0 Å². The third kappa shape index (κ3) is 4.45. The minimum atomic E-state index is -0.449. The van der Waals surface area contributed by atoms with Gasteiger partial charge in [0.15, 0.2) is 0 Å². The number of rotatable bonds is 2. The molecule has 0 radical (unpaired) electrons. The molecule has 3 rings (SSSR count). The first-order chi connectivity index (χ1) is 11.8. The minimum Gasteiger partial charge on any atom is -0.444 e. The molecule has 1 aliphatic rings. The molecule has 1 aromatic carbocycles. The van der Waals surface area contributed by atoms with E-state index in [0.717, 1.165) is 18.1 Å². The molecule has 2 heterocycles. The van der Waals surface area contributed by atoms with Gasteiger partial charge in [0, 0.05) is 36.7 Å². The number of hydrogen-bond donors (Lipinski definition) is 1. The zero-order valence-electron chi connectivity index (χ0n) is 15.0. The van der Waals surface area contributed by atoms with Gasteiger partial charge in [-0.05, 0) is 50.6 Å². The van der Waals surface area contributed by atoms with E-state index < -0.39 is 5.60 Å². The lowest BCUT2D eigenvalue weighted by atomic mass is 10.1. The molecule has 1 aromatic heterocycles. The summed E-state index contributed by atoms with van der Waals surface area (Å²) in [5, 5.41) is 0.831. The number of amides is 1. The molecule has 0 spiro atoms. The Hall–Kier alpha value is -2.21. The van der Waals surface area contributed by atoms with Crippen LogP contribution in [0.3, 0.4) is 0 Å². The first-order valence-electron chi connectivity index (χ1n) is 8.50. The highest BCUT2D eigenvalue weighted by Gasteiger charge is 2.25. The summed E-state index contributed by atoms with van der Waals surface area (Å²) in [7, 11) is 0. The second kappa shape index (κ2) is 6.96. The fourth-order valence-corrected chi connectivity index (χ4v) is 3.60. The number of thiophene rings is 1. The van der Waals surface area contributed by atoms with Crippen molar-refractivity contribution in [1.29, 1.82) is 0 Å². The van der Waals surface area contributed by atoms with E-state index in [1.54, 1.807) is 16.2 Å². The lowest BCUT2D eigenvalue weighted by Gasteiger charge is -2.36. The average molecular weight is 359 g/mol. The maximum atomic E-state index is 12.1. The second-order valence-corrected chi connectivity index (χ2v) is 8.32. The van der Waals surface area contributed by atoms with Gasteiger partial charge in [-0.25, -0.2) is 4.79 Å². The molecule has 6 heteroatoms. The van der Waals surface area contributed by atoms with Crippen molar-refractivity contribution in [2.75, 3.05) is 36.8 Å². The highest BCUT2D eigenvalue weighted by molar-refractivity contribution is 7.19. The Morgan fingerprint density at radius 2 is 1.68 bits per heavy atom. The van der Waals surface area contributed by atoms with Crippen LogP contribution in [0.2, 0.25) is 0 Å². The fourth-order valence-electron chi connectivity index (χ4n) is 2.82. The fraction of sp³-hybridized carbons (Fsp3) is 0.421. The largest absolute Gasteiger partial charge is 0.444 e. The van der Waals surface area contributed by atoms with Crippen LogP contribution in [-0.4, -0.2) is 42.8 Å². The molecule has 0 atom stereocenters. The van der Waals surface area contributed by atoms with E-state index in [1.165, 1.54) is 16.1 Å². The number of nitrogens with zero attached hydrogens (tertiary/aromatic N) is 2. The highest BCUT2D eigenvalue weighted by atomic mass is 32.1. The third-order valence-corrected chi connectivity index (χ3v) is 5.04. The average Bonchev–Trinajstić information content (AvgIpc) is 3.00. The number of anilines is 2. The highest BCUT2D eigenvalue weighted by Crippen LogP contribution is 2.31. The molecule has 25 heavy (non-hydrogen) atoms. The molecular formula is C19H25N3O2S. The normalized spacial score (nSPS) is 15.3. The Labute approximate surface area is 153 Å². The number of nitrogen functional groups attached to an aromatic ring is 1. The first kappa shape index (κ1) is 17.6. The van der Waals surface area contributed by atoms with Gasteiger partial charge < -0.3 is 20.3 Å². The standard InChI is InChI=1S/C19H25N3O2S/c1-19(2,3)24-18(23)22-12-10-21(11-13-22)15-6-4-14(5-7-15)16-8-9-17(20)25-16/h4-9H,10-13,20H2,1-3H3. The van der Waals surface area contributed by atoms with Crippen molar-refractivity contribution >= 4 is 28.1 Å². The molecular weight excluding hydrogens is 334 g/mol. The molecule has 5 nitrogen and oxygen atoms in total. The number of carbonyl (C=O) groups is 1. The summed E-state index contributed by atoms with van der Waals surface area (Å²) in [5.74, 6) is 0. The summed E-state index contributed by atoms with van der Waals surface area (Å²) in [4.78, 5) is 17.4. The number of piperazine rings is 1. The summed E-state index contributed by atoms with van der Waals surface area (Å²) in [6.07, 6.45) is -0.224. The van der Waals surface area contributed by atoms with Crippen LogP contribution >= 0.6 is 11.3 Å². The number of ether oxygens (including phenoxy) is 1. The van der Waals surface area contributed by atoms with Gasteiger partial charge in [-0.2, -0.15) is 0 Å². The first-order valence-corrected chi connectivity index (χ1v) is 9.32. The molecule has 1 saturated heterocycles. The number of nitrogens with two attached hydrogens (primary N) is 1. The second-order valence-electron chi connectivity index (χ2n) is 7.20.